The summed E-state index contributed by atoms with van der Waals surface area (Å²) in [6, 6.07) is 7.56. The van der Waals surface area contributed by atoms with E-state index in [1.165, 1.54) is 0 Å². The van der Waals surface area contributed by atoms with E-state index in [0.29, 0.717) is 25.8 Å². The van der Waals surface area contributed by atoms with E-state index in [1.54, 1.807) is 17.3 Å². The highest BCUT2D eigenvalue weighted by atomic mass is 16.2. The number of aromatic amines is 1. The van der Waals surface area contributed by atoms with E-state index in [1.807, 2.05) is 45.0 Å². The molecule has 6 nitrogen and oxygen atoms in total. The Hall–Kier alpha value is -2.63. The van der Waals surface area contributed by atoms with E-state index in [9.17, 15) is 9.59 Å². The van der Waals surface area contributed by atoms with Gasteiger partial charge in [0.15, 0.2) is 0 Å². The Balaban J connectivity index is 1.78. The van der Waals surface area contributed by atoms with Gasteiger partial charge in [0.05, 0.1) is 6.20 Å². The Morgan fingerprint density at radius 3 is 2.65 bits per heavy atom. The second kappa shape index (κ2) is 7.32. The molecule has 1 aromatic heterocycles. The quantitative estimate of drug-likeness (QED) is 0.884. The highest BCUT2D eigenvalue weighted by Gasteiger charge is 2.35. The fourth-order valence-corrected chi connectivity index (χ4v) is 3.28. The minimum atomic E-state index is -0.471. The topological polar surface area (TPSA) is 78.1 Å². The molecule has 0 aliphatic carbocycles. The molecule has 2 heterocycles. The number of nitrogens with zero attached hydrogens (tertiary/aromatic N) is 2. The molecule has 6 heteroatoms. The first kappa shape index (κ1) is 18.2. The number of H-pyrrole nitrogens is 1. The lowest BCUT2D eigenvalue weighted by Crippen LogP contribution is -2.56. The van der Waals surface area contributed by atoms with E-state index in [0.717, 1.165) is 16.7 Å². The van der Waals surface area contributed by atoms with Gasteiger partial charge < -0.3 is 10.2 Å². The molecule has 0 spiro atoms. The van der Waals surface area contributed by atoms with Crippen molar-refractivity contribution in [2.24, 2.45) is 0 Å². The zero-order chi connectivity index (χ0) is 18.7. The van der Waals surface area contributed by atoms with Crippen LogP contribution in [-0.4, -0.2) is 38.5 Å². The van der Waals surface area contributed by atoms with Crippen LogP contribution in [0.5, 0.6) is 0 Å². The molecular formula is C20H26N4O2. The third-order valence-electron chi connectivity index (χ3n) is 4.55. The average Bonchev–Trinajstić information content (AvgIpc) is 3.10. The largest absolute Gasteiger partial charge is 0.350 e. The molecule has 26 heavy (non-hydrogen) atoms. The summed E-state index contributed by atoms with van der Waals surface area (Å²) in [7, 11) is 0. The highest BCUT2D eigenvalue weighted by Crippen LogP contribution is 2.25. The molecular weight excluding hydrogens is 328 g/mol. The third-order valence-corrected chi connectivity index (χ3v) is 4.55. The van der Waals surface area contributed by atoms with Crippen LogP contribution in [0.25, 0.3) is 0 Å². The van der Waals surface area contributed by atoms with Crippen LogP contribution < -0.4 is 5.32 Å². The first-order valence-electron chi connectivity index (χ1n) is 8.99. The lowest BCUT2D eigenvalue weighted by atomic mass is 9.92. The van der Waals surface area contributed by atoms with Crippen LogP contribution in [0.1, 0.15) is 43.9 Å². The van der Waals surface area contributed by atoms with Crippen molar-refractivity contribution in [3.63, 3.8) is 0 Å². The maximum atomic E-state index is 12.9. The van der Waals surface area contributed by atoms with Crippen molar-refractivity contribution in [3.05, 3.63) is 53.3 Å². The van der Waals surface area contributed by atoms with Crippen molar-refractivity contribution in [1.29, 1.82) is 0 Å². The normalized spacial score (nSPS) is 16.9. The van der Waals surface area contributed by atoms with Crippen LogP contribution in [0.15, 0.2) is 36.7 Å². The van der Waals surface area contributed by atoms with Gasteiger partial charge in [0.1, 0.15) is 6.04 Å². The fraction of sp³-hybridized carbons (Fsp3) is 0.450. The smallest absolute Gasteiger partial charge is 0.243 e. The van der Waals surface area contributed by atoms with Crippen molar-refractivity contribution >= 4 is 11.8 Å². The number of aromatic nitrogens is 2. The number of hydrogen-bond acceptors (Lipinski definition) is 3. The zero-order valence-electron chi connectivity index (χ0n) is 15.6. The maximum absolute atomic E-state index is 12.9. The van der Waals surface area contributed by atoms with Crippen LogP contribution in [0.3, 0.4) is 0 Å². The molecule has 138 valence electrons. The van der Waals surface area contributed by atoms with Gasteiger partial charge >= 0.3 is 0 Å². The van der Waals surface area contributed by atoms with Crippen molar-refractivity contribution in [3.8, 4) is 0 Å². The molecule has 1 aliphatic rings. The second-order valence-electron chi connectivity index (χ2n) is 7.86. The number of carbonyl (C=O) groups is 2. The van der Waals surface area contributed by atoms with E-state index in [-0.39, 0.29) is 17.4 Å². The summed E-state index contributed by atoms with van der Waals surface area (Å²) < 4.78 is 0. The van der Waals surface area contributed by atoms with Gasteiger partial charge in [-0.15, -0.1) is 0 Å². The van der Waals surface area contributed by atoms with Crippen LogP contribution in [0.2, 0.25) is 0 Å². The van der Waals surface area contributed by atoms with Crippen LogP contribution in [0.4, 0.5) is 0 Å². The van der Waals surface area contributed by atoms with Crippen LogP contribution in [-0.2, 0) is 29.0 Å². The van der Waals surface area contributed by atoms with Gasteiger partial charge in [-0.3, -0.25) is 14.7 Å². The Morgan fingerprint density at radius 1 is 1.27 bits per heavy atom. The van der Waals surface area contributed by atoms with Crippen molar-refractivity contribution < 1.29 is 9.59 Å². The summed E-state index contributed by atoms with van der Waals surface area (Å²) in [5.41, 5.74) is 2.91. The summed E-state index contributed by atoms with van der Waals surface area (Å²) in [6.07, 6.45) is 5.04. The van der Waals surface area contributed by atoms with Gasteiger partial charge in [-0.25, -0.2) is 0 Å². The van der Waals surface area contributed by atoms with E-state index >= 15 is 0 Å². The van der Waals surface area contributed by atoms with Crippen molar-refractivity contribution in [2.45, 2.75) is 58.2 Å². The van der Waals surface area contributed by atoms with Gasteiger partial charge in [-0.2, -0.15) is 5.10 Å². The molecule has 2 N–H and O–H groups in total. The van der Waals surface area contributed by atoms with Crippen LogP contribution >= 0.6 is 0 Å². The summed E-state index contributed by atoms with van der Waals surface area (Å²) in [4.78, 5) is 27.5. The molecule has 0 bridgehead atoms. The third kappa shape index (κ3) is 4.31. The van der Waals surface area contributed by atoms with Gasteiger partial charge in [0.25, 0.3) is 0 Å². The average molecular weight is 354 g/mol. The Kier molecular flexibility index (Phi) is 5.11. The molecule has 1 aromatic carbocycles. The molecule has 0 radical (unpaired) electrons. The molecule has 0 saturated heterocycles. The highest BCUT2D eigenvalue weighted by molar-refractivity contribution is 5.89. The Bertz CT molecular complexity index is 777. The second-order valence-corrected chi connectivity index (χ2v) is 7.86. The predicted octanol–water partition coefficient (Wildman–Crippen LogP) is 2.21. The number of fused-ring (bicyclic) bond motifs is 1. The number of benzene rings is 1. The Morgan fingerprint density at radius 2 is 2.00 bits per heavy atom. The minimum absolute atomic E-state index is 0.00485. The molecule has 2 aromatic rings. The van der Waals surface area contributed by atoms with Gasteiger partial charge in [0.2, 0.25) is 11.8 Å². The first-order valence-corrected chi connectivity index (χ1v) is 8.99. The van der Waals surface area contributed by atoms with Gasteiger partial charge in [0, 0.05) is 31.1 Å². The number of amides is 2. The molecule has 1 atom stereocenters. The Labute approximate surface area is 154 Å². The minimum Gasteiger partial charge on any atom is -0.350 e. The number of rotatable bonds is 4. The SMILES string of the molecule is CC(C)(C)NC(=O)[C@@H]1Cc2ccccc2CN1C(=O)CCc1cn[nH]c1. The molecule has 2 amide bonds. The van der Waals surface area contributed by atoms with Crippen LogP contribution in [0, 0.1) is 0 Å². The number of carbonyl (C=O) groups excluding carboxylic acids is 2. The summed E-state index contributed by atoms with van der Waals surface area (Å²) in [6.45, 7) is 6.33. The zero-order valence-corrected chi connectivity index (χ0v) is 15.6. The van der Waals surface area contributed by atoms with E-state index in [2.05, 4.69) is 15.5 Å². The first-order chi connectivity index (χ1) is 12.3. The number of aryl methyl sites for hydroxylation is 1. The molecule has 0 unspecified atom stereocenters. The summed E-state index contributed by atoms with van der Waals surface area (Å²) >= 11 is 0. The summed E-state index contributed by atoms with van der Waals surface area (Å²) in [5.74, 6) is -0.0987. The fourth-order valence-electron chi connectivity index (χ4n) is 3.28. The number of hydrogen-bond donors (Lipinski definition) is 2. The lowest BCUT2D eigenvalue weighted by molar-refractivity contribution is -0.142. The molecule has 3 rings (SSSR count). The molecule has 0 saturated carbocycles. The number of nitrogens with one attached hydrogen (secondary N) is 2. The van der Waals surface area contributed by atoms with Crippen molar-refractivity contribution in [1.82, 2.24) is 20.4 Å². The molecule has 0 fully saturated rings. The van der Waals surface area contributed by atoms with E-state index < -0.39 is 6.04 Å². The standard InChI is InChI=1S/C20H26N4O2/c1-20(2,3)23-19(26)17-10-15-6-4-5-7-16(15)13-24(17)18(25)9-8-14-11-21-22-12-14/h4-7,11-12,17H,8-10,13H2,1-3H3,(H,21,22)(H,23,26)/t17-/m0/s1. The van der Waals surface area contributed by atoms with Gasteiger partial charge in [-0.1, -0.05) is 24.3 Å². The monoisotopic (exact) mass is 354 g/mol. The maximum Gasteiger partial charge on any atom is 0.243 e. The lowest BCUT2D eigenvalue weighted by Gasteiger charge is -2.37. The van der Waals surface area contributed by atoms with E-state index in [4.69, 9.17) is 0 Å². The summed E-state index contributed by atoms with van der Waals surface area (Å²) in [5, 5.41) is 9.70. The van der Waals surface area contributed by atoms with Gasteiger partial charge in [-0.05, 0) is 43.9 Å². The molecule has 1 aliphatic heterocycles. The van der Waals surface area contributed by atoms with Crippen molar-refractivity contribution in [2.75, 3.05) is 0 Å². The predicted molar refractivity (Wildman–Crippen MR) is 99.3 cm³/mol.